The second kappa shape index (κ2) is 7.81. The number of nitrogens with one attached hydrogen (secondary N) is 1. The maximum atomic E-state index is 13.8. The van der Waals surface area contributed by atoms with Crippen molar-refractivity contribution in [3.05, 3.63) is 87.7 Å². The lowest BCUT2D eigenvalue weighted by molar-refractivity contribution is 0.305. The lowest BCUT2D eigenvalue weighted by Crippen LogP contribution is -2.22. The number of aromatic amines is 1. The molecule has 4 nitrogen and oxygen atoms in total. The van der Waals surface area contributed by atoms with Gasteiger partial charge in [0.1, 0.15) is 28.0 Å². The summed E-state index contributed by atoms with van der Waals surface area (Å²) in [5, 5.41) is 0. The van der Waals surface area contributed by atoms with Crippen LogP contribution in [0.25, 0.3) is 20.7 Å². The molecule has 0 aliphatic rings. The molecule has 2 heterocycles. The van der Waals surface area contributed by atoms with Crippen LogP contribution in [0.5, 0.6) is 0 Å². The highest BCUT2D eigenvalue weighted by Crippen LogP contribution is 2.31. The molecule has 2 aromatic carbocycles. The molecule has 0 saturated carbocycles. The summed E-state index contributed by atoms with van der Waals surface area (Å²) >= 11 is 1.29. The van der Waals surface area contributed by atoms with Gasteiger partial charge in [0.15, 0.2) is 0 Å². The molecule has 0 atom stereocenters. The van der Waals surface area contributed by atoms with E-state index in [9.17, 15) is 18.0 Å². The van der Waals surface area contributed by atoms with Gasteiger partial charge in [-0.3, -0.25) is 9.69 Å². The number of hydrogen-bond acceptors (Lipinski definition) is 4. The van der Waals surface area contributed by atoms with Crippen molar-refractivity contribution in [2.24, 2.45) is 0 Å². The largest absolute Gasteiger partial charge is 0.308 e. The van der Waals surface area contributed by atoms with Gasteiger partial charge in [-0.05, 0) is 36.9 Å². The van der Waals surface area contributed by atoms with Crippen molar-refractivity contribution in [3.8, 4) is 10.4 Å². The number of halogens is 3. The van der Waals surface area contributed by atoms with Crippen LogP contribution in [0.4, 0.5) is 13.2 Å². The van der Waals surface area contributed by atoms with Gasteiger partial charge in [-0.2, -0.15) is 0 Å². The Morgan fingerprint density at radius 1 is 1.00 bits per heavy atom. The van der Waals surface area contributed by atoms with Crippen molar-refractivity contribution in [1.29, 1.82) is 0 Å². The summed E-state index contributed by atoms with van der Waals surface area (Å²) in [4.78, 5) is 22.3. The molecule has 0 unspecified atom stereocenters. The summed E-state index contributed by atoms with van der Waals surface area (Å²) in [7, 11) is 1.75. The van der Waals surface area contributed by atoms with E-state index in [1.807, 2.05) is 0 Å². The highest BCUT2D eigenvalue weighted by molar-refractivity contribution is 7.22. The molecule has 0 amide bonds. The summed E-state index contributed by atoms with van der Waals surface area (Å²) in [6.45, 7) is 0.516. The first-order chi connectivity index (χ1) is 13.9. The summed E-state index contributed by atoms with van der Waals surface area (Å²) in [6.07, 6.45) is 0. The smallest absolute Gasteiger partial charge is 0.268 e. The number of thiophene rings is 1. The molecule has 0 bridgehead atoms. The molecule has 0 spiro atoms. The average Bonchev–Trinajstić information content (AvgIpc) is 3.09. The fourth-order valence-electron chi connectivity index (χ4n) is 3.07. The monoisotopic (exact) mass is 415 g/mol. The minimum atomic E-state index is -0.625. The van der Waals surface area contributed by atoms with E-state index in [1.165, 1.54) is 35.6 Å². The topological polar surface area (TPSA) is 49.0 Å². The summed E-state index contributed by atoms with van der Waals surface area (Å²) < 4.78 is 40.5. The van der Waals surface area contributed by atoms with E-state index >= 15 is 0 Å². The molecule has 4 aromatic rings. The van der Waals surface area contributed by atoms with Crippen LogP contribution in [0, 0.1) is 17.5 Å². The number of hydrogen-bond donors (Lipinski definition) is 1. The third-order valence-electron chi connectivity index (χ3n) is 4.44. The number of rotatable bonds is 5. The van der Waals surface area contributed by atoms with Crippen molar-refractivity contribution in [1.82, 2.24) is 14.9 Å². The van der Waals surface area contributed by atoms with E-state index in [1.54, 1.807) is 30.1 Å². The van der Waals surface area contributed by atoms with Crippen molar-refractivity contribution in [3.63, 3.8) is 0 Å². The third kappa shape index (κ3) is 4.23. The molecule has 4 rings (SSSR count). The second-order valence-corrected chi connectivity index (χ2v) is 7.80. The van der Waals surface area contributed by atoms with Gasteiger partial charge in [0.05, 0.1) is 12.1 Å². The minimum Gasteiger partial charge on any atom is -0.308 e. The molecular formula is C21H16F3N3OS. The van der Waals surface area contributed by atoms with Crippen LogP contribution in [-0.2, 0) is 13.1 Å². The molecular weight excluding hydrogens is 399 g/mol. The summed E-state index contributed by atoms with van der Waals surface area (Å²) in [6, 6.07) is 11.3. The van der Waals surface area contributed by atoms with Gasteiger partial charge in [-0.15, -0.1) is 11.3 Å². The van der Waals surface area contributed by atoms with Crippen LogP contribution < -0.4 is 5.56 Å². The Labute approximate surface area is 168 Å². The molecule has 2 aromatic heterocycles. The number of benzene rings is 2. The molecule has 0 fully saturated rings. The fourth-order valence-corrected chi connectivity index (χ4v) is 4.07. The second-order valence-electron chi connectivity index (χ2n) is 6.75. The summed E-state index contributed by atoms with van der Waals surface area (Å²) in [5.41, 5.74) is 1.45. The first-order valence-electron chi connectivity index (χ1n) is 8.80. The SMILES string of the molecule is CN(Cc1nc2cc(-c3ccc(F)cc3)sc2c(=O)[nH]1)Cc1ccc(F)cc1F. The zero-order valence-electron chi connectivity index (χ0n) is 15.4. The quantitative estimate of drug-likeness (QED) is 0.514. The number of fused-ring (bicyclic) bond motifs is 1. The van der Waals surface area contributed by atoms with Gasteiger partial charge >= 0.3 is 0 Å². The van der Waals surface area contributed by atoms with Crippen LogP contribution in [-0.4, -0.2) is 21.9 Å². The van der Waals surface area contributed by atoms with E-state index in [-0.39, 0.29) is 24.5 Å². The highest BCUT2D eigenvalue weighted by Gasteiger charge is 2.13. The fraction of sp³-hybridized carbons (Fsp3) is 0.143. The predicted octanol–water partition coefficient (Wildman–Crippen LogP) is 4.70. The maximum absolute atomic E-state index is 13.8. The third-order valence-corrected chi connectivity index (χ3v) is 5.61. The first-order valence-corrected chi connectivity index (χ1v) is 9.62. The van der Waals surface area contributed by atoms with Gasteiger partial charge in [-0.1, -0.05) is 18.2 Å². The van der Waals surface area contributed by atoms with Crippen molar-refractivity contribution >= 4 is 21.6 Å². The Hall–Kier alpha value is -2.97. The van der Waals surface area contributed by atoms with E-state index in [2.05, 4.69) is 9.97 Å². The minimum absolute atomic E-state index is 0.234. The van der Waals surface area contributed by atoms with Crippen LogP contribution in [0.3, 0.4) is 0 Å². The van der Waals surface area contributed by atoms with E-state index in [0.717, 1.165) is 16.5 Å². The van der Waals surface area contributed by atoms with Gasteiger partial charge in [-0.25, -0.2) is 18.2 Å². The van der Waals surface area contributed by atoms with E-state index < -0.39 is 11.6 Å². The van der Waals surface area contributed by atoms with Crippen molar-refractivity contribution < 1.29 is 13.2 Å². The highest BCUT2D eigenvalue weighted by atomic mass is 32.1. The molecule has 1 N–H and O–H groups in total. The Kier molecular flexibility index (Phi) is 5.21. The zero-order chi connectivity index (χ0) is 20.5. The van der Waals surface area contributed by atoms with Crippen LogP contribution >= 0.6 is 11.3 Å². The number of aromatic nitrogens is 2. The lowest BCUT2D eigenvalue weighted by atomic mass is 10.2. The number of nitrogens with zero attached hydrogens (tertiary/aromatic N) is 2. The molecule has 0 radical (unpaired) electrons. The molecule has 29 heavy (non-hydrogen) atoms. The van der Waals surface area contributed by atoms with Gasteiger partial charge in [0.2, 0.25) is 0 Å². The van der Waals surface area contributed by atoms with Crippen molar-refractivity contribution in [2.45, 2.75) is 13.1 Å². The van der Waals surface area contributed by atoms with Crippen LogP contribution in [0.2, 0.25) is 0 Å². The predicted molar refractivity (Wildman–Crippen MR) is 107 cm³/mol. The Bertz CT molecular complexity index is 1230. The van der Waals surface area contributed by atoms with Gasteiger partial charge in [0.25, 0.3) is 5.56 Å². The standard InChI is InChI=1S/C21H16F3N3OS/c1-27(10-13-4-7-15(23)8-16(13)24)11-19-25-17-9-18(29-20(17)21(28)26-19)12-2-5-14(22)6-3-12/h2-9H,10-11H2,1H3,(H,25,26,28). The van der Waals surface area contributed by atoms with Gasteiger partial charge < -0.3 is 4.98 Å². The molecule has 148 valence electrons. The van der Waals surface area contributed by atoms with Crippen molar-refractivity contribution in [2.75, 3.05) is 7.05 Å². The summed E-state index contributed by atoms with van der Waals surface area (Å²) in [5.74, 6) is -1.12. The molecule has 0 aliphatic heterocycles. The zero-order valence-corrected chi connectivity index (χ0v) is 16.2. The lowest BCUT2D eigenvalue weighted by Gasteiger charge is -2.16. The van der Waals surface area contributed by atoms with E-state index in [4.69, 9.17) is 0 Å². The Morgan fingerprint density at radius 3 is 2.45 bits per heavy atom. The number of H-pyrrole nitrogens is 1. The molecule has 0 saturated heterocycles. The van der Waals surface area contributed by atoms with Gasteiger partial charge in [0, 0.05) is 23.1 Å². The normalized spacial score (nSPS) is 11.5. The van der Waals surface area contributed by atoms with Crippen LogP contribution in [0.1, 0.15) is 11.4 Å². The van der Waals surface area contributed by atoms with Crippen LogP contribution in [0.15, 0.2) is 53.3 Å². The molecule has 0 aliphatic carbocycles. The Balaban J connectivity index is 1.58. The molecule has 8 heteroatoms. The maximum Gasteiger partial charge on any atom is 0.268 e. The Morgan fingerprint density at radius 2 is 1.72 bits per heavy atom. The average molecular weight is 415 g/mol. The van der Waals surface area contributed by atoms with E-state index in [0.29, 0.717) is 21.6 Å². The first kappa shape index (κ1) is 19.4.